The van der Waals surface area contributed by atoms with Crippen LogP contribution in [0.1, 0.15) is 30.0 Å². The van der Waals surface area contributed by atoms with E-state index in [4.69, 9.17) is 21.4 Å². The van der Waals surface area contributed by atoms with Crippen LogP contribution in [0.3, 0.4) is 0 Å². The highest BCUT2D eigenvalue weighted by Crippen LogP contribution is 2.40. The van der Waals surface area contributed by atoms with Gasteiger partial charge in [-0.15, -0.1) is 0 Å². The quantitative estimate of drug-likeness (QED) is 0.300. The van der Waals surface area contributed by atoms with Crippen molar-refractivity contribution in [3.63, 3.8) is 0 Å². The number of halogens is 1. The maximum absolute atomic E-state index is 13.4. The first-order chi connectivity index (χ1) is 18.0. The Labute approximate surface area is 219 Å². The molecule has 9 heteroatoms. The van der Waals surface area contributed by atoms with Gasteiger partial charge in [-0.2, -0.15) is 0 Å². The molecule has 1 amide bonds. The molecule has 1 saturated heterocycles. The molecule has 2 N–H and O–H groups in total. The van der Waals surface area contributed by atoms with Gasteiger partial charge in [0.15, 0.2) is 5.11 Å². The number of methoxy groups -OCH3 is 1. The predicted molar refractivity (Wildman–Crippen MR) is 143 cm³/mol. The molecule has 0 aliphatic carbocycles. The van der Waals surface area contributed by atoms with E-state index in [1.165, 1.54) is 12.1 Å². The molecule has 188 valence electrons. The van der Waals surface area contributed by atoms with Crippen molar-refractivity contribution in [3.8, 4) is 17.1 Å². The molecule has 7 nitrogen and oxygen atoms in total. The Hall–Kier alpha value is -4.24. The smallest absolute Gasteiger partial charge is 0.226 e. The molecule has 2 aromatic heterocycles. The summed E-state index contributed by atoms with van der Waals surface area (Å²) in [6.07, 6.45) is 1.92. The molecular formula is C28H25FN4O3S. The fraction of sp³-hybridized carbons (Fsp3) is 0.179. The largest absolute Gasteiger partial charge is 0.495 e. The Morgan fingerprint density at radius 2 is 1.89 bits per heavy atom. The maximum Gasteiger partial charge on any atom is 0.226 e. The molecule has 2 unspecified atom stereocenters. The summed E-state index contributed by atoms with van der Waals surface area (Å²) in [5, 5.41) is 6.76. The second-order valence-corrected chi connectivity index (χ2v) is 8.91. The normalized spacial score (nSPS) is 16.9. The summed E-state index contributed by atoms with van der Waals surface area (Å²) in [6.45, 7) is 0.355. The van der Waals surface area contributed by atoms with Crippen LogP contribution in [0.15, 0.2) is 89.5 Å². The van der Waals surface area contributed by atoms with Crippen molar-refractivity contribution in [1.29, 1.82) is 0 Å². The van der Waals surface area contributed by atoms with E-state index in [-0.39, 0.29) is 30.2 Å². The fourth-order valence-corrected chi connectivity index (χ4v) is 4.75. The zero-order valence-electron chi connectivity index (χ0n) is 20.1. The summed E-state index contributed by atoms with van der Waals surface area (Å²) in [7, 11) is 1.56. The second-order valence-electron chi connectivity index (χ2n) is 8.53. The summed E-state index contributed by atoms with van der Waals surface area (Å²) in [5.74, 6) is 1.38. The molecule has 2 aromatic carbocycles. The van der Waals surface area contributed by atoms with Crippen molar-refractivity contribution in [3.05, 3.63) is 102 Å². The first-order valence-corrected chi connectivity index (χ1v) is 12.2. The van der Waals surface area contributed by atoms with Crippen LogP contribution in [-0.4, -0.2) is 34.6 Å². The Morgan fingerprint density at radius 3 is 2.65 bits per heavy atom. The van der Waals surface area contributed by atoms with Crippen molar-refractivity contribution in [1.82, 2.24) is 15.2 Å². The average molecular weight is 517 g/mol. The van der Waals surface area contributed by atoms with E-state index in [0.29, 0.717) is 34.6 Å². The molecule has 0 bridgehead atoms. The Morgan fingerprint density at radius 1 is 1.11 bits per heavy atom. The number of ether oxygens (including phenoxy) is 1. The van der Waals surface area contributed by atoms with Gasteiger partial charge in [0, 0.05) is 24.7 Å². The number of benzene rings is 2. The molecule has 3 heterocycles. The van der Waals surface area contributed by atoms with Crippen molar-refractivity contribution in [2.75, 3.05) is 19.0 Å². The molecule has 5 rings (SSSR count). The van der Waals surface area contributed by atoms with Crippen LogP contribution in [0.2, 0.25) is 0 Å². The molecule has 1 fully saturated rings. The van der Waals surface area contributed by atoms with Crippen molar-refractivity contribution in [2.45, 2.75) is 18.5 Å². The topological polar surface area (TPSA) is 79.6 Å². The lowest BCUT2D eigenvalue weighted by Crippen LogP contribution is -2.32. The fourth-order valence-electron chi connectivity index (χ4n) is 4.42. The number of aromatic nitrogens is 1. The molecule has 37 heavy (non-hydrogen) atoms. The third-order valence-electron chi connectivity index (χ3n) is 6.21. The number of thiocarbonyl (C=S) groups is 1. The number of amides is 1. The zero-order chi connectivity index (χ0) is 25.8. The number of hydrogen-bond acceptors (Lipinski definition) is 5. The van der Waals surface area contributed by atoms with Gasteiger partial charge in [-0.05, 0) is 72.9 Å². The van der Waals surface area contributed by atoms with Crippen LogP contribution >= 0.6 is 12.2 Å². The van der Waals surface area contributed by atoms with Gasteiger partial charge in [0.2, 0.25) is 5.91 Å². The van der Waals surface area contributed by atoms with Crippen molar-refractivity contribution < 1.29 is 18.3 Å². The van der Waals surface area contributed by atoms with E-state index in [0.717, 1.165) is 11.3 Å². The monoisotopic (exact) mass is 516 g/mol. The second kappa shape index (κ2) is 10.8. The van der Waals surface area contributed by atoms with Gasteiger partial charge >= 0.3 is 0 Å². The molecule has 1 aliphatic heterocycles. The number of pyridine rings is 1. The molecule has 0 spiro atoms. The number of anilines is 1. The third kappa shape index (κ3) is 5.31. The highest BCUT2D eigenvalue weighted by atomic mass is 32.1. The molecular weight excluding hydrogens is 491 g/mol. The first kappa shape index (κ1) is 24.5. The number of hydrogen-bond donors (Lipinski definition) is 2. The molecule has 2 atom stereocenters. The van der Waals surface area contributed by atoms with E-state index >= 15 is 0 Å². The molecule has 0 saturated carbocycles. The minimum absolute atomic E-state index is 0.168. The van der Waals surface area contributed by atoms with Crippen LogP contribution < -0.4 is 15.4 Å². The lowest BCUT2D eigenvalue weighted by atomic mass is 10.0. The summed E-state index contributed by atoms with van der Waals surface area (Å²) in [6, 6.07) is 22.2. The highest BCUT2D eigenvalue weighted by molar-refractivity contribution is 7.80. The van der Waals surface area contributed by atoms with Crippen LogP contribution in [0.4, 0.5) is 10.1 Å². The van der Waals surface area contributed by atoms with Gasteiger partial charge < -0.3 is 24.7 Å². The van der Waals surface area contributed by atoms with Crippen LogP contribution in [0, 0.1) is 5.82 Å². The number of nitrogens with zero attached hydrogens (tertiary/aromatic N) is 2. The Balaban J connectivity index is 1.39. The summed E-state index contributed by atoms with van der Waals surface area (Å²) < 4.78 is 25.0. The number of furan rings is 1. The van der Waals surface area contributed by atoms with Crippen molar-refractivity contribution >= 4 is 28.9 Å². The highest BCUT2D eigenvalue weighted by Gasteiger charge is 2.41. The van der Waals surface area contributed by atoms with E-state index in [1.54, 1.807) is 37.6 Å². The zero-order valence-corrected chi connectivity index (χ0v) is 20.9. The predicted octanol–water partition coefficient (Wildman–Crippen LogP) is 5.49. The van der Waals surface area contributed by atoms with Gasteiger partial charge in [0.1, 0.15) is 29.1 Å². The van der Waals surface area contributed by atoms with Gasteiger partial charge in [0.25, 0.3) is 0 Å². The number of carbonyl (C=O) groups is 1. The van der Waals surface area contributed by atoms with Crippen LogP contribution in [-0.2, 0) is 4.79 Å². The van der Waals surface area contributed by atoms with Gasteiger partial charge in [-0.1, -0.05) is 18.2 Å². The lowest BCUT2D eigenvalue weighted by molar-refractivity contribution is -0.116. The standard InChI is InChI=1S/C28H25FN4O3S/c1-35-23-8-3-2-6-20(23)31-25(34)15-17-33-27(26(32-28(33)37)21-7-4-5-16-30-21)24-14-13-22(36-24)18-9-11-19(29)12-10-18/h2-14,16,26-27H,15,17H2,1H3,(H,31,34)(H,32,37). The lowest BCUT2D eigenvalue weighted by Gasteiger charge is -2.26. The minimum atomic E-state index is -0.337. The minimum Gasteiger partial charge on any atom is -0.495 e. The van der Waals surface area contributed by atoms with E-state index in [2.05, 4.69) is 15.6 Å². The number of nitrogens with one attached hydrogen (secondary N) is 2. The molecule has 4 aromatic rings. The van der Waals surface area contributed by atoms with E-state index in [9.17, 15) is 9.18 Å². The SMILES string of the molecule is COc1ccccc1NC(=O)CCN1C(=S)NC(c2ccccn2)C1c1ccc(-c2ccc(F)cc2)o1. The van der Waals surface area contributed by atoms with Crippen molar-refractivity contribution in [2.24, 2.45) is 0 Å². The van der Waals surface area contributed by atoms with Crippen LogP contribution in [0.25, 0.3) is 11.3 Å². The number of para-hydroxylation sites is 2. The summed E-state index contributed by atoms with van der Waals surface area (Å²) in [4.78, 5) is 19.3. The summed E-state index contributed by atoms with van der Waals surface area (Å²) in [5.41, 5.74) is 2.17. The van der Waals surface area contributed by atoms with Gasteiger partial charge in [0.05, 0.1) is 24.5 Å². The Bertz CT molecular complexity index is 1390. The van der Waals surface area contributed by atoms with Crippen LogP contribution in [0.5, 0.6) is 5.75 Å². The molecule has 1 aliphatic rings. The Kier molecular flexibility index (Phi) is 7.14. The summed E-state index contributed by atoms with van der Waals surface area (Å²) >= 11 is 5.68. The first-order valence-electron chi connectivity index (χ1n) is 11.8. The maximum atomic E-state index is 13.4. The van der Waals surface area contributed by atoms with Gasteiger partial charge in [-0.3, -0.25) is 9.78 Å². The third-order valence-corrected chi connectivity index (χ3v) is 6.56. The number of carbonyl (C=O) groups excluding carboxylic acids is 1. The average Bonchev–Trinajstić information content (AvgIpc) is 3.53. The van der Waals surface area contributed by atoms with E-state index < -0.39 is 0 Å². The van der Waals surface area contributed by atoms with Gasteiger partial charge in [-0.25, -0.2) is 4.39 Å². The molecule has 0 radical (unpaired) electrons. The number of rotatable bonds is 8. The van der Waals surface area contributed by atoms with E-state index in [1.807, 2.05) is 47.4 Å².